The van der Waals surface area contributed by atoms with Crippen LogP contribution in [0.2, 0.25) is 5.02 Å². The summed E-state index contributed by atoms with van der Waals surface area (Å²) < 4.78 is 29.9. The zero-order valence-corrected chi connectivity index (χ0v) is 24.4. The molecule has 0 saturated carbocycles. The number of hydrogen-bond acceptors (Lipinski definition) is 6. The van der Waals surface area contributed by atoms with Gasteiger partial charge in [0, 0.05) is 30.2 Å². The Morgan fingerprint density at radius 3 is 2.27 bits per heavy atom. The molecule has 0 radical (unpaired) electrons. The molecule has 0 unspecified atom stereocenters. The standard InChI is InChI=1S/C29H30ClN5O5S/c1-29(2,3)26-19-27(34(32-26)25-12-8-7-11-24(25)30)31-28(36)20-33(18-17-21-9-5-4-6-10-21)41(39,40)23-15-13-22(14-16-23)35(37)38/h4-16,19H,17-18,20H2,1-3H3,(H,31,36). The normalized spacial score (nSPS) is 11.9. The first-order chi connectivity index (χ1) is 19.4. The van der Waals surface area contributed by atoms with E-state index in [4.69, 9.17) is 11.6 Å². The van der Waals surface area contributed by atoms with Crippen LogP contribution in [0.5, 0.6) is 0 Å². The number of benzene rings is 3. The summed E-state index contributed by atoms with van der Waals surface area (Å²) in [4.78, 5) is 23.7. The summed E-state index contributed by atoms with van der Waals surface area (Å²) in [7, 11) is -4.18. The minimum atomic E-state index is -4.18. The molecule has 12 heteroatoms. The molecular weight excluding hydrogens is 566 g/mol. The van der Waals surface area contributed by atoms with Crippen molar-refractivity contribution >= 4 is 39.0 Å². The molecule has 0 bridgehead atoms. The van der Waals surface area contributed by atoms with Crippen LogP contribution in [0.15, 0.2) is 89.8 Å². The molecule has 1 aromatic heterocycles. The van der Waals surface area contributed by atoms with Gasteiger partial charge in [-0.1, -0.05) is 74.8 Å². The van der Waals surface area contributed by atoms with Gasteiger partial charge in [0.2, 0.25) is 15.9 Å². The van der Waals surface area contributed by atoms with Crippen LogP contribution in [-0.2, 0) is 26.7 Å². The van der Waals surface area contributed by atoms with Crippen molar-refractivity contribution < 1.29 is 18.1 Å². The van der Waals surface area contributed by atoms with E-state index < -0.39 is 27.4 Å². The van der Waals surface area contributed by atoms with E-state index in [9.17, 15) is 23.3 Å². The number of non-ortho nitro benzene ring substituents is 1. The molecule has 41 heavy (non-hydrogen) atoms. The number of carbonyl (C=O) groups is 1. The van der Waals surface area contributed by atoms with Crippen LogP contribution >= 0.6 is 11.6 Å². The second-order valence-corrected chi connectivity index (χ2v) is 12.7. The van der Waals surface area contributed by atoms with E-state index in [1.165, 1.54) is 16.8 Å². The van der Waals surface area contributed by atoms with E-state index in [-0.39, 0.29) is 22.5 Å². The monoisotopic (exact) mass is 595 g/mol. The van der Waals surface area contributed by atoms with Gasteiger partial charge in [0.1, 0.15) is 5.82 Å². The highest BCUT2D eigenvalue weighted by molar-refractivity contribution is 7.89. The predicted molar refractivity (Wildman–Crippen MR) is 158 cm³/mol. The lowest BCUT2D eigenvalue weighted by Gasteiger charge is -2.22. The summed E-state index contributed by atoms with van der Waals surface area (Å²) in [5.41, 5.74) is 1.57. The van der Waals surface area contributed by atoms with Crippen molar-refractivity contribution in [2.24, 2.45) is 0 Å². The SMILES string of the molecule is CC(C)(C)c1cc(NC(=O)CN(CCc2ccccc2)S(=O)(=O)c2ccc([N+](=O)[O-])cc2)n(-c2ccccc2Cl)n1. The quantitative estimate of drug-likeness (QED) is 0.188. The maximum absolute atomic E-state index is 13.6. The van der Waals surface area contributed by atoms with Gasteiger partial charge in [0.25, 0.3) is 5.69 Å². The highest BCUT2D eigenvalue weighted by atomic mass is 35.5. The number of nitrogens with one attached hydrogen (secondary N) is 1. The Bertz CT molecular complexity index is 1650. The van der Waals surface area contributed by atoms with E-state index in [1.807, 2.05) is 51.1 Å². The predicted octanol–water partition coefficient (Wildman–Crippen LogP) is 5.60. The molecule has 0 fully saturated rings. The van der Waals surface area contributed by atoms with E-state index in [0.29, 0.717) is 28.6 Å². The number of carbonyl (C=O) groups excluding carboxylic acids is 1. The average molecular weight is 596 g/mol. The first-order valence-corrected chi connectivity index (χ1v) is 14.6. The number of aromatic nitrogens is 2. The number of rotatable bonds is 10. The molecule has 0 aliphatic heterocycles. The van der Waals surface area contributed by atoms with Crippen molar-refractivity contribution in [2.45, 2.75) is 37.5 Å². The molecule has 214 valence electrons. The van der Waals surface area contributed by atoms with Gasteiger partial charge < -0.3 is 5.32 Å². The fraction of sp³-hybridized carbons (Fsp3) is 0.241. The van der Waals surface area contributed by atoms with E-state index in [1.54, 1.807) is 30.3 Å². The summed E-state index contributed by atoms with van der Waals surface area (Å²) in [6.45, 7) is 5.47. The van der Waals surface area contributed by atoms with Crippen LogP contribution in [-0.4, -0.2) is 46.4 Å². The van der Waals surface area contributed by atoms with Crippen LogP contribution in [0.25, 0.3) is 5.69 Å². The molecule has 0 spiro atoms. The lowest BCUT2D eigenvalue weighted by Crippen LogP contribution is -2.39. The smallest absolute Gasteiger partial charge is 0.269 e. The Morgan fingerprint density at radius 2 is 1.66 bits per heavy atom. The summed E-state index contributed by atoms with van der Waals surface area (Å²) in [5.74, 6) is -0.249. The Labute approximate surface area is 243 Å². The van der Waals surface area contributed by atoms with E-state index in [0.717, 1.165) is 22.0 Å². The van der Waals surface area contributed by atoms with Crippen molar-refractivity contribution in [3.63, 3.8) is 0 Å². The lowest BCUT2D eigenvalue weighted by atomic mass is 9.92. The summed E-state index contributed by atoms with van der Waals surface area (Å²) >= 11 is 6.43. The molecule has 1 N–H and O–H groups in total. The largest absolute Gasteiger partial charge is 0.309 e. The number of para-hydroxylation sites is 1. The van der Waals surface area contributed by atoms with Crippen molar-refractivity contribution in [3.8, 4) is 5.69 Å². The van der Waals surface area contributed by atoms with Crippen LogP contribution < -0.4 is 5.32 Å². The third kappa shape index (κ3) is 7.18. The van der Waals surface area contributed by atoms with Crippen molar-refractivity contribution in [1.29, 1.82) is 0 Å². The number of nitrogens with zero attached hydrogens (tertiary/aromatic N) is 4. The molecule has 0 atom stereocenters. The Hall–Kier alpha value is -4.06. The van der Waals surface area contributed by atoms with Gasteiger partial charge in [0.15, 0.2) is 0 Å². The van der Waals surface area contributed by atoms with Gasteiger partial charge in [-0.2, -0.15) is 9.40 Å². The highest BCUT2D eigenvalue weighted by Crippen LogP contribution is 2.29. The Balaban J connectivity index is 1.65. The number of nitro benzene ring substituents is 1. The summed E-state index contributed by atoms with van der Waals surface area (Å²) in [5, 5.41) is 19.0. The third-order valence-corrected chi connectivity index (χ3v) is 8.50. The van der Waals surface area contributed by atoms with E-state index in [2.05, 4.69) is 10.4 Å². The first-order valence-electron chi connectivity index (χ1n) is 12.8. The minimum Gasteiger partial charge on any atom is -0.309 e. The van der Waals surface area contributed by atoms with Crippen molar-refractivity contribution in [3.05, 3.63) is 111 Å². The Morgan fingerprint density at radius 1 is 1.02 bits per heavy atom. The number of amides is 1. The van der Waals surface area contributed by atoms with Gasteiger partial charge in [-0.15, -0.1) is 0 Å². The minimum absolute atomic E-state index is 0.00771. The average Bonchev–Trinajstić information content (AvgIpc) is 3.35. The molecule has 0 aliphatic carbocycles. The highest BCUT2D eigenvalue weighted by Gasteiger charge is 2.28. The van der Waals surface area contributed by atoms with Crippen LogP contribution in [0.4, 0.5) is 11.5 Å². The molecule has 4 rings (SSSR count). The molecule has 10 nitrogen and oxygen atoms in total. The topological polar surface area (TPSA) is 127 Å². The fourth-order valence-electron chi connectivity index (χ4n) is 4.06. The Kier molecular flexibility index (Phi) is 8.91. The summed E-state index contributed by atoms with van der Waals surface area (Å²) in [6, 6.07) is 22.7. The molecule has 4 aromatic rings. The second-order valence-electron chi connectivity index (χ2n) is 10.4. The molecule has 0 saturated heterocycles. The third-order valence-electron chi connectivity index (χ3n) is 6.32. The molecule has 1 amide bonds. The summed E-state index contributed by atoms with van der Waals surface area (Å²) in [6.07, 6.45) is 0.353. The maximum atomic E-state index is 13.6. The van der Waals surface area contributed by atoms with Crippen molar-refractivity contribution in [2.75, 3.05) is 18.4 Å². The van der Waals surface area contributed by atoms with Crippen LogP contribution in [0.3, 0.4) is 0 Å². The number of halogens is 1. The van der Waals surface area contributed by atoms with Crippen LogP contribution in [0.1, 0.15) is 32.0 Å². The number of hydrogen-bond donors (Lipinski definition) is 1. The molecule has 3 aromatic carbocycles. The van der Waals surface area contributed by atoms with Crippen LogP contribution in [0, 0.1) is 10.1 Å². The molecular formula is C29H30ClN5O5S. The van der Waals surface area contributed by atoms with Gasteiger partial charge in [-0.3, -0.25) is 14.9 Å². The van der Waals surface area contributed by atoms with Crippen molar-refractivity contribution in [1.82, 2.24) is 14.1 Å². The van der Waals surface area contributed by atoms with Gasteiger partial charge in [-0.05, 0) is 36.2 Å². The second kappa shape index (κ2) is 12.2. The van der Waals surface area contributed by atoms with Gasteiger partial charge in [0.05, 0.1) is 32.8 Å². The number of nitro groups is 1. The van der Waals surface area contributed by atoms with Gasteiger partial charge >= 0.3 is 0 Å². The fourth-order valence-corrected chi connectivity index (χ4v) is 5.67. The molecule has 0 aliphatic rings. The molecule has 1 heterocycles. The lowest BCUT2D eigenvalue weighted by molar-refractivity contribution is -0.384. The van der Waals surface area contributed by atoms with E-state index >= 15 is 0 Å². The first kappa shape index (κ1) is 29.9. The maximum Gasteiger partial charge on any atom is 0.269 e. The number of anilines is 1. The zero-order chi connectivity index (χ0) is 29.8. The van der Waals surface area contributed by atoms with Gasteiger partial charge in [-0.25, -0.2) is 13.1 Å². The zero-order valence-electron chi connectivity index (χ0n) is 22.8. The number of sulfonamides is 1.